The molecule has 0 bridgehead atoms. The number of aliphatic imine (C=N–C) groups is 1. The van der Waals surface area contributed by atoms with Crippen LogP contribution in [0.5, 0.6) is 0 Å². The van der Waals surface area contributed by atoms with E-state index < -0.39 is 0 Å². The minimum Gasteiger partial charge on any atom is -0.357 e. The number of hydrogen-bond acceptors (Lipinski definition) is 1. The van der Waals surface area contributed by atoms with Crippen molar-refractivity contribution < 1.29 is 0 Å². The third kappa shape index (κ3) is 5.04. The Morgan fingerprint density at radius 2 is 2.10 bits per heavy atom. The van der Waals surface area contributed by atoms with Gasteiger partial charge in [-0.1, -0.05) is 36.3 Å². The fraction of sp³-hybridized carbons (Fsp3) is 0.438. The van der Waals surface area contributed by atoms with E-state index in [-0.39, 0.29) is 24.0 Å². The van der Waals surface area contributed by atoms with E-state index >= 15 is 0 Å². The number of benzene rings is 1. The van der Waals surface area contributed by atoms with Gasteiger partial charge in [0.2, 0.25) is 0 Å². The molecule has 2 rings (SSSR count). The maximum Gasteiger partial charge on any atom is 0.192 e. The van der Waals surface area contributed by atoms with Gasteiger partial charge >= 0.3 is 0 Å². The molecule has 20 heavy (non-hydrogen) atoms. The maximum absolute atomic E-state index is 5.24. The Morgan fingerprint density at radius 3 is 2.75 bits per heavy atom. The number of nitrogens with zero attached hydrogens (tertiary/aromatic N) is 1. The Morgan fingerprint density at radius 1 is 1.35 bits per heavy atom. The number of rotatable bonds is 5. The van der Waals surface area contributed by atoms with Gasteiger partial charge in [-0.05, 0) is 30.7 Å². The molecule has 1 aromatic rings. The fourth-order valence-corrected chi connectivity index (χ4v) is 2.24. The molecule has 1 aromatic carbocycles. The summed E-state index contributed by atoms with van der Waals surface area (Å²) in [5.41, 5.74) is 1.43. The van der Waals surface area contributed by atoms with Crippen molar-refractivity contribution in [2.75, 3.05) is 19.6 Å². The lowest BCUT2D eigenvalue weighted by Crippen LogP contribution is -2.37. The molecule has 0 aromatic heterocycles. The molecule has 0 radical (unpaired) electrons. The van der Waals surface area contributed by atoms with E-state index in [1.165, 1.54) is 12.0 Å². The van der Waals surface area contributed by atoms with E-state index in [0.717, 1.165) is 19.0 Å². The van der Waals surface area contributed by atoms with Gasteiger partial charge in [0.15, 0.2) is 5.96 Å². The molecule has 3 nitrogen and oxygen atoms in total. The monoisotopic (exact) mass is 383 g/mol. The van der Waals surface area contributed by atoms with E-state index in [1.807, 2.05) is 0 Å². The molecule has 2 N–H and O–H groups in total. The Balaban J connectivity index is 0.00000200. The number of nitrogens with one attached hydrogen (secondary N) is 2. The summed E-state index contributed by atoms with van der Waals surface area (Å²) in [5, 5.41) is 6.31. The normalized spacial score (nSPS) is 20.5. The molecule has 0 saturated heterocycles. The Labute approximate surface area is 138 Å². The minimum absolute atomic E-state index is 0. The van der Waals surface area contributed by atoms with Crippen molar-refractivity contribution in [3.05, 3.63) is 35.9 Å². The van der Waals surface area contributed by atoms with Crippen molar-refractivity contribution >= 4 is 29.9 Å². The highest BCUT2D eigenvalue weighted by Crippen LogP contribution is 2.47. The van der Waals surface area contributed by atoms with Gasteiger partial charge in [-0.25, -0.2) is 0 Å². The van der Waals surface area contributed by atoms with Crippen LogP contribution in [0.4, 0.5) is 0 Å². The molecule has 2 atom stereocenters. The van der Waals surface area contributed by atoms with Crippen molar-refractivity contribution in [3.63, 3.8) is 0 Å². The minimum atomic E-state index is 0. The molecule has 1 fully saturated rings. The average molecular weight is 383 g/mol. The first-order chi connectivity index (χ1) is 9.35. The van der Waals surface area contributed by atoms with E-state index in [9.17, 15) is 0 Å². The van der Waals surface area contributed by atoms with Crippen LogP contribution in [0.3, 0.4) is 0 Å². The van der Waals surface area contributed by atoms with Gasteiger partial charge in [0.1, 0.15) is 0 Å². The van der Waals surface area contributed by atoms with Gasteiger partial charge in [-0.2, -0.15) is 0 Å². The second-order valence-corrected chi connectivity index (χ2v) is 4.79. The van der Waals surface area contributed by atoms with Crippen LogP contribution in [0.2, 0.25) is 0 Å². The summed E-state index contributed by atoms with van der Waals surface area (Å²) in [5.74, 6) is 4.73. The summed E-state index contributed by atoms with van der Waals surface area (Å²) in [6.45, 7) is 4.28. The second-order valence-electron chi connectivity index (χ2n) is 4.79. The van der Waals surface area contributed by atoms with Gasteiger partial charge in [0, 0.05) is 13.1 Å². The van der Waals surface area contributed by atoms with Gasteiger partial charge in [-0.3, -0.25) is 4.99 Å². The summed E-state index contributed by atoms with van der Waals surface area (Å²) in [4.78, 5) is 4.59. The van der Waals surface area contributed by atoms with Crippen LogP contribution in [0.15, 0.2) is 35.3 Å². The first-order valence-electron chi connectivity index (χ1n) is 6.85. The van der Waals surface area contributed by atoms with E-state index in [4.69, 9.17) is 6.42 Å². The summed E-state index contributed by atoms with van der Waals surface area (Å²) >= 11 is 0. The molecule has 1 saturated carbocycles. The molecule has 0 amide bonds. The van der Waals surface area contributed by atoms with Crippen LogP contribution >= 0.6 is 24.0 Å². The zero-order valence-corrected chi connectivity index (χ0v) is 14.1. The highest BCUT2D eigenvalue weighted by molar-refractivity contribution is 14.0. The van der Waals surface area contributed by atoms with Crippen molar-refractivity contribution in [1.29, 1.82) is 0 Å². The van der Waals surface area contributed by atoms with E-state index in [1.54, 1.807) is 0 Å². The average Bonchev–Trinajstić information content (AvgIpc) is 3.22. The smallest absolute Gasteiger partial charge is 0.192 e. The number of hydrogen-bond donors (Lipinski definition) is 2. The fourth-order valence-electron chi connectivity index (χ4n) is 2.24. The first-order valence-corrected chi connectivity index (χ1v) is 6.85. The van der Waals surface area contributed by atoms with Crippen LogP contribution in [0.1, 0.15) is 24.8 Å². The number of guanidine groups is 1. The summed E-state index contributed by atoms with van der Waals surface area (Å²) in [7, 11) is 0. The zero-order valence-electron chi connectivity index (χ0n) is 11.8. The maximum atomic E-state index is 5.24. The molecule has 108 valence electrons. The van der Waals surface area contributed by atoms with Crippen LogP contribution in [-0.4, -0.2) is 25.6 Å². The van der Waals surface area contributed by atoms with Crippen molar-refractivity contribution in [2.45, 2.75) is 19.3 Å². The molecule has 0 aliphatic heterocycles. The van der Waals surface area contributed by atoms with Gasteiger partial charge in [-0.15, -0.1) is 30.4 Å². The molecule has 4 heteroatoms. The Kier molecular flexibility index (Phi) is 7.45. The molecular weight excluding hydrogens is 361 g/mol. The summed E-state index contributed by atoms with van der Waals surface area (Å²) in [6.07, 6.45) is 6.48. The third-order valence-corrected chi connectivity index (χ3v) is 3.34. The van der Waals surface area contributed by atoms with E-state index in [0.29, 0.717) is 18.4 Å². The van der Waals surface area contributed by atoms with Crippen LogP contribution < -0.4 is 10.6 Å². The quantitative estimate of drug-likeness (QED) is 0.355. The largest absolute Gasteiger partial charge is 0.357 e. The highest BCUT2D eigenvalue weighted by atomic mass is 127. The van der Waals surface area contributed by atoms with Gasteiger partial charge in [0.25, 0.3) is 0 Å². The lowest BCUT2D eigenvalue weighted by Gasteiger charge is -2.08. The lowest BCUT2D eigenvalue weighted by molar-refractivity contribution is 0.784. The topological polar surface area (TPSA) is 36.4 Å². The SMILES string of the molecule is C#CCNC(=NCC1CC1c1ccccc1)NCC.I. The highest BCUT2D eigenvalue weighted by Gasteiger charge is 2.37. The predicted octanol–water partition coefficient (Wildman–Crippen LogP) is 2.60. The van der Waals surface area contributed by atoms with E-state index in [2.05, 4.69) is 58.8 Å². The number of halogens is 1. The standard InChI is InChI=1S/C16H21N3.HI/c1-3-10-18-16(17-4-2)19-12-14-11-15(14)13-8-6-5-7-9-13;/h1,5-9,14-15H,4,10-12H2,2H3,(H2,17,18,19);1H. The molecule has 0 spiro atoms. The third-order valence-electron chi connectivity index (χ3n) is 3.34. The summed E-state index contributed by atoms with van der Waals surface area (Å²) in [6, 6.07) is 10.7. The Hall–Kier alpha value is -1.22. The molecule has 0 heterocycles. The van der Waals surface area contributed by atoms with Crippen molar-refractivity contribution in [1.82, 2.24) is 10.6 Å². The van der Waals surface area contributed by atoms with Crippen LogP contribution in [0, 0.1) is 18.3 Å². The second kappa shape index (κ2) is 8.85. The van der Waals surface area contributed by atoms with Crippen LogP contribution in [0.25, 0.3) is 0 Å². The molecule has 1 aliphatic carbocycles. The zero-order chi connectivity index (χ0) is 13.5. The lowest BCUT2D eigenvalue weighted by atomic mass is 10.1. The van der Waals surface area contributed by atoms with Crippen molar-refractivity contribution in [3.8, 4) is 12.3 Å². The number of terminal acetylenes is 1. The van der Waals surface area contributed by atoms with Crippen LogP contribution in [-0.2, 0) is 0 Å². The molecule has 2 unspecified atom stereocenters. The van der Waals surface area contributed by atoms with Gasteiger partial charge < -0.3 is 10.6 Å². The molecule has 1 aliphatic rings. The van der Waals surface area contributed by atoms with Crippen molar-refractivity contribution in [2.24, 2.45) is 10.9 Å². The predicted molar refractivity (Wildman–Crippen MR) is 95.5 cm³/mol. The Bertz CT molecular complexity index is 464. The first kappa shape index (κ1) is 16.8. The summed E-state index contributed by atoms with van der Waals surface area (Å²) < 4.78 is 0. The molecular formula is C16H22IN3. The van der Waals surface area contributed by atoms with Gasteiger partial charge in [0.05, 0.1) is 6.54 Å².